The third kappa shape index (κ3) is 2.07. The van der Waals surface area contributed by atoms with E-state index in [1.54, 1.807) is 0 Å². The van der Waals surface area contributed by atoms with Crippen molar-refractivity contribution >= 4 is 5.97 Å². The number of carboxylic acid groups (broad SMARTS) is 1. The third-order valence-electron chi connectivity index (χ3n) is 3.75. The summed E-state index contributed by atoms with van der Waals surface area (Å²) in [6, 6.07) is 7.81. The Hall–Kier alpha value is -1.35. The van der Waals surface area contributed by atoms with Gasteiger partial charge in [0.1, 0.15) is 0 Å². The maximum absolute atomic E-state index is 11.7. The molecule has 1 aromatic rings. The molecule has 0 spiro atoms. The Morgan fingerprint density at radius 3 is 2.82 bits per heavy atom. The SMILES string of the molecule is O=C(O)C1(CCCO)CCCc2ccccc21. The quantitative estimate of drug-likeness (QED) is 0.839. The number of benzene rings is 1. The number of rotatable bonds is 4. The summed E-state index contributed by atoms with van der Waals surface area (Å²) < 4.78 is 0. The van der Waals surface area contributed by atoms with E-state index in [0.29, 0.717) is 19.3 Å². The van der Waals surface area contributed by atoms with Gasteiger partial charge in [-0.15, -0.1) is 0 Å². The first-order chi connectivity index (χ1) is 8.20. The molecule has 1 aliphatic carbocycles. The minimum atomic E-state index is -0.780. The van der Waals surface area contributed by atoms with Crippen molar-refractivity contribution in [1.29, 1.82) is 0 Å². The van der Waals surface area contributed by atoms with Crippen LogP contribution in [-0.4, -0.2) is 22.8 Å². The van der Waals surface area contributed by atoms with Crippen LogP contribution in [-0.2, 0) is 16.6 Å². The lowest BCUT2D eigenvalue weighted by Crippen LogP contribution is -2.39. The van der Waals surface area contributed by atoms with Gasteiger partial charge in [0.15, 0.2) is 0 Å². The average Bonchev–Trinajstić information content (AvgIpc) is 2.36. The number of fused-ring (bicyclic) bond motifs is 1. The smallest absolute Gasteiger partial charge is 0.314 e. The lowest BCUT2D eigenvalue weighted by atomic mass is 9.67. The van der Waals surface area contributed by atoms with Crippen molar-refractivity contribution in [2.75, 3.05) is 6.61 Å². The fraction of sp³-hybridized carbons (Fsp3) is 0.500. The second kappa shape index (κ2) is 4.88. The predicted octanol–water partition coefficient (Wildman–Crippen LogP) is 2.12. The van der Waals surface area contributed by atoms with Gasteiger partial charge in [-0.1, -0.05) is 24.3 Å². The molecular weight excluding hydrogens is 216 g/mol. The first-order valence-corrected chi connectivity index (χ1v) is 6.13. The van der Waals surface area contributed by atoms with E-state index in [2.05, 4.69) is 0 Å². The fourth-order valence-corrected chi connectivity index (χ4v) is 2.89. The normalized spacial score (nSPS) is 23.1. The zero-order valence-corrected chi connectivity index (χ0v) is 9.85. The van der Waals surface area contributed by atoms with Crippen LogP contribution in [0.3, 0.4) is 0 Å². The molecule has 0 amide bonds. The Morgan fingerprint density at radius 2 is 2.12 bits per heavy atom. The molecule has 0 aliphatic heterocycles. The summed E-state index contributed by atoms with van der Waals surface area (Å²) in [5.74, 6) is -0.752. The number of hydrogen-bond acceptors (Lipinski definition) is 2. The number of aliphatic carboxylic acids is 1. The standard InChI is InChI=1S/C14H18O3/c15-10-4-9-14(13(16)17)8-3-6-11-5-1-2-7-12(11)14/h1-2,5,7,15H,3-4,6,8-10H2,(H,16,17). The molecular formula is C14H18O3. The zero-order valence-electron chi connectivity index (χ0n) is 9.85. The molecule has 0 radical (unpaired) electrons. The second-order valence-electron chi connectivity index (χ2n) is 4.73. The highest BCUT2D eigenvalue weighted by Gasteiger charge is 2.42. The Morgan fingerprint density at radius 1 is 1.35 bits per heavy atom. The molecule has 17 heavy (non-hydrogen) atoms. The Kier molecular flexibility index (Phi) is 3.48. The third-order valence-corrected chi connectivity index (χ3v) is 3.75. The summed E-state index contributed by atoms with van der Waals surface area (Å²) in [5, 5.41) is 18.5. The first kappa shape index (κ1) is 12.1. The zero-order chi connectivity index (χ0) is 12.3. The number of aliphatic hydroxyl groups excluding tert-OH is 1. The van der Waals surface area contributed by atoms with Gasteiger partial charge in [-0.05, 0) is 43.2 Å². The minimum Gasteiger partial charge on any atom is -0.481 e. The predicted molar refractivity (Wildman–Crippen MR) is 65.0 cm³/mol. The van der Waals surface area contributed by atoms with E-state index in [0.717, 1.165) is 24.0 Å². The Bertz CT molecular complexity index is 414. The summed E-state index contributed by atoms with van der Waals surface area (Å²) in [6.07, 6.45) is 3.62. The number of hydrogen-bond donors (Lipinski definition) is 2. The van der Waals surface area contributed by atoms with Crippen molar-refractivity contribution in [2.24, 2.45) is 0 Å². The van der Waals surface area contributed by atoms with Crippen molar-refractivity contribution in [1.82, 2.24) is 0 Å². The number of aliphatic hydroxyl groups is 1. The van der Waals surface area contributed by atoms with Crippen molar-refractivity contribution < 1.29 is 15.0 Å². The van der Waals surface area contributed by atoms with Crippen LogP contribution >= 0.6 is 0 Å². The van der Waals surface area contributed by atoms with E-state index in [1.165, 1.54) is 0 Å². The van der Waals surface area contributed by atoms with Gasteiger partial charge in [0.25, 0.3) is 0 Å². The second-order valence-corrected chi connectivity index (χ2v) is 4.73. The largest absolute Gasteiger partial charge is 0.481 e. The van der Waals surface area contributed by atoms with E-state index >= 15 is 0 Å². The molecule has 1 aliphatic rings. The summed E-state index contributed by atoms with van der Waals surface area (Å²) in [6.45, 7) is 0.0528. The van der Waals surface area contributed by atoms with Crippen LogP contribution in [0.1, 0.15) is 36.8 Å². The Labute approximate surface area is 101 Å². The first-order valence-electron chi connectivity index (χ1n) is 6.13. The van der Waals surface area contributed by atoms with Crippen LogP contribution in [0.2, 0.25) is 0 Å². The van der Waals surface area contributed by atoms with E-state index in [-0.39, 0.29) is 6.61 Å². The van der Waals surface area contributed by atoms with Gasteiger partial charge < -0.3 is 10.2 Å². The van der Waals surface area contributed by atoms with E-state index in [1.807, 2.05) is 24.3 Å². The van der Waals surface area contributed by atoms with Crippen LogP contribution in [0.4, 0.5) is 0 Å². The van der Waals surface area contributed by atoms with Gasteiger partial charge in [0, 0.05) is 6.61 Å². The molecule has 1 aromatic carbocycles. The number of aryl methyl sites for hydroxylation is 1. The van der Waals surface area contributed by atoms with E-state index in [4.69, 9.17) is 5.11 Å². The Balaban J connectivity index is 2.43. The molecule has 0 saturated carbocycles. The van der Waals surface area contributed by atoms with Crippen molar-refractivity contribution in [3.8, 4) is 0 Å². The van der Waals surface area contributed by atoms with Crippen molar-refractivity contribution in [3.63, 3.8) is 0 Å². The molecule has 3 heteroatoms. The van der Waals surface area contributed by atoms with Gasteiger partial charge in [-0.2, -0.15) is 0 Å². The van der Waals surface area contributed by atoms with E-state index in [9.17, 15) is 9.90 Å². The average molecular weight is 234 g/mol. The van der Waals surface area contributed by atoms with Crippen LogP contribution in [0.5, 0.6) is 0 Å². The van der Waals surface area contributed by atoms with Crippen molar-refractivity contribution in [2.45, 2.75) is 37.5 Å². The highest BCUT2D eigenvalue weighted by atomic mass is 16.4. The monoisotopic (exact) mass is 234 g/mol. The van der Waals surface area contributed by atoms with Gasteiger partial charge in [-0.3, -0.25) is 4.79 Å². The van der Waals surface area contributed by atoms with Gasteiger partial charge in [0.05, 0.1) is 5.41 Å². The number of carboxylic acids is 1. The molecule has 1 atom stereocenters. The van der Waals surface area contributed by atoms with Crippen LogP contribution in [0.15, 0.2) is 24.3 Å². The van der Waals surface area contributed by atoms with Crippen LogP contribution in [0, 0.1) is 0 Å². The van der Waals surface area contributed by atoms with Crippen LogP contribution < -0.4 is 0 Å². The summed E-state index contributed by atoms with van der Waals surface area (Å²) in [7, 11) is 0. The van der Waals surface area contributed by atoms with Gasteiger partial charge in [-0.25, -0.2) is 0 Å². The summed E-state index contributed by atoms with van der Waals surface area (Å²) in [4.78, 5) is 11.7. The maximum atomic E-state index is 11.7. The summed E-state index contributed by atoms with van der Waals surface area (Å²) >= 11 is 0. The van der Waals surface area contributed by atoms with Gasteiger partial charge >= 0.3 is 5.97 Å². The van der Waals surface area contributed by atoms with Crippen molar-refractivity contribution in [3.05, 3.63) is 35.4 Å². The lowest BCUT2D eigenvalue weighted by Gasteiger charge is -2.35. The molecule has 3 nitrogen and oxygen atoms in total. The van der Waals surface area contributed by atoms with E-state index < -0.39 is 11.4 Å². The number of carbonyl (C=O) groups is 1. The van der Waals surface area contributed by atoms with Gasteiger partial charge in [0.2, 0.25) is 0 Å². The molecule has 0 fully saturated rings. The highest BCUT2D eigenvalue weighted by molar-refractivity contribution is 5.82. The topological polar surface area (TPSA) is 57.5 Å². The minimum absolute atomic E-state index is 0.0528. The molecule has 2 rings (SSSR count). The van der Waals surface area contributed by atoms with Crippen LogP contribution in [0.25, 0.3) is 0 Å². The molecule has 92 valence electrons. The molecule has 0 bridgehead atoms. The molecule has 1 unspecified atom stereocenters. The molecule has 0 aromatic heterocycles. The maximum Gasteiger partial charge on any atom is 0.314 e. The summed E-state index contributed by atoms with van der Waals surface area (Å²) in [5.41, 5.74) is 1.32. The fourth-order valence-electron chi connectivity index (χ4n) is 2.89. The molecule has 0 saturated heterocycles. The lowest BCUT2D eigenvalue weighted by molar-refractivity contribution is -0.145. The highest BCUT2D eigenvalue weighted by Crippen LogP contribution is 2.41. The molecule has 2 N–H and O–H groups in total. The molecule has 0 heterocycles.